The standard InChI is InChI=1S/C12H18FN3O2S/c1-15(2)10-5-4-8-16(9-10)19(17,18)12-11(13)6-3-7-14-12/h3,6-7,10H,4-5,8-9H2,1-2H3. The van der Waals surface area contributed by atoms with Crippen LogP contribution in [-0.2, 0) is 10.0 Å². The number of likely N-dealkylation sites (N-methyl/N-ethyl adjacent to an activating group) is 1. The van der Waals surface area contributed by atoms with Gasteiger partial charge in [-0.25, -0.2) is 17.8 Å². The molecule has 0 N–H and O–H groups in total. The molecule has 1 aliphatic heterocycles. The van der Waals surface area contributed by atoms with E-state index in [9.17, 15) is 12.8 Å². The Morgan fingerprint density at radius 1 is 1.47 bits per heavy atom. The molecule has 1 fully saturated rings. The normalized spacial score (nSPS) is 21.8. The van der Waals surface area contributed by atoms with Gasteiger partial charge in [-0.3, -0.25) is 0 Å². The Morgan fingerprint density at radius 2 is 2.21 bits per heavy atom. The number of sulfonamides is 1. The lowest BCUT2D eigenvalue weighted by molar-refractivity contribution is 0.190. The SMILES string of the molecule is CN(C)C1CCCN(S(=O)(=O)c2ncccc2F)C1. The summed E-state index contributed by atoms with van der Waals surface area (Å²) in [5, 5.41) is -0.477. The van der Waals surface area contributed by atoms with E-state index in [4.69, 9.17) is 0 Å². The van der Waals surface area contributed by atoms with E-state index >= 15 is 0 Å². The highest BCUT2D eigenvalue weighted by molar-refractivity contribution is 7.89. The van der Waals surface area contributed by atoms with Crippen LogP contribution in [0.2, 0.25) is 0 Å². The lowest BCUT2D eigenvalue weighted by Gasteiger charge is -2.35. The van der Waals surface area contributed by atoms with Crippen molar-refractivity contribution in [2.75, 3.05) is 27.2 Å². The molecule has 1 saturated heterocycles. The molecule has 7 heteroatoms. The first kappa shape index (κ1) is 14.4. The Balaban J connectivity index is 2.28. The number of hydrogen-bond donors (Lipinski definition) is 0. The first-order valence-corrected chi connectivity index (χ1v) is 7.64. The van der Waals surface area contributed by atoms with Gasteiger partial charge in [0.1, 0.15) is 0 Å². The zero-order chi connectivity index (χ0) is 14.0. The molecular weight excluding hydrogens is 269 g/mol. The first-order valence-electron chi connectivity index (χ1n) is 6.20. The second-order valence-electron chi connectivity index (χ2n) is 4.91. The summed E-state index contributed by atoms with van der Waals surface area (Å²) in [4.78, 5) is 5.67. The molecule has 2 rings (SSSR count). The monoisotopic (exact) mass is 287 g/mol. The van der Waals surface area contributed by atoms with Crippen molar-refractivity contribution in [2.24, 2.45) is 0 Å². The van der Waals surface area contributed by atoms with Gasteiger partial charge in [0.05, 0.1) is 0 Å². The fourth-order valence-electron chi connectivity index (χ4n) is 2.24. The van der Waals surface area contributed by atoms with Crippen LogP contribution in [0.15, 0.2) is 23.4 Å². The van der Waals surface area contributed by atoms with Gasteiger partial charge in [0.25, 0.3) is 10.0 Å². The smallest absolute Gasteiger partial charge is 0.263 e. The van der Waals surface area contributed by atoms with Gasteiger partial charge >= 0.3 is 0 Å². The largest absolute Gasteiger partial charge is 0.305 e. The molecule has 0 radical (unpaired) electrons. The predicted octanol–water partition coefficient (Wildman–Crippen LogP) is 0.935. The summed E-state index contributed by atoms with van der Waals surface area (Å²) in [5.41, 5.74) is 0. The highest BCUT2D eigenvalue weighted by atomic mass is 32.2. The molecule has 106 valence electrons. The number of halogens is 1. The minimum absolute atomic E-state index is 0.162. The van der Waals surface area contributed by atoms with Crippen molar-refractivity contribution < 1.29 is 12.8 Å². The van der Waals surface area contributed by atoms with Crippen LogP contribution in [0.25, 0.3) is 0 Å². The molecule has 0 amide bonds. The average Bonchev–Trinajstić information content (AvgIpc) is 2.39. The number of hydrogen-bond acceptors (Lipinski definition) is 4. The van der Waals surface area contributed by atoms with Crippen LogP contribution in [0.3, 0.4) is 0 Å². The van der Waals surface area contributed by atoms with Crippen LogP contribution < -0.4 is 0 Å². The van der Waals surface area contributed by atoms with Crippen LogP contribution in [0.1, 0.15) is 12.8 Å². The summed E-state index contributed by atoms with van der Waals surface area (Å²) in [5.74, 6) is -0.797. The molecule has 0 spiro atoms. The molecule has 1 atom stereocenters. The second-order valence-corrected chi connectivity index (χ2v) is 6.77. The third-order valence-corrected chi connectivity index (χ3v) is 5.20. The molecule has 0 aliphatic carbocycles. The molecule has 1 aliphatic rings. The highest BCUT2D eigenvalue weighted by Gasteiger charge is 2.33. The summed E-state index contributed by atoms with van der Waals surface area (Å²) in [7, 11) is -0.00102. The van der Waals surface area contributed by atoms with Crippen LogP contribution >= 0.6 is 0 Å². The zero-order valence-corrected chi connectivity index (χ0v) is 11.9. The molecule has 2 heterocycles. The van der Waals surface area contributed by atoms with Gasteiger partial charge in [0.2, 0.25) is 5.03 Å². The summed E-state index contributed by atoms with van der Waals surface area (Å²) < 4.78 is 39.7. The van der Waals surface area contributed by atoms with E-state index in [0.717, 1.165) is 18.9 Å². The second kappa shape index (κ2) is 5.52. The van der Waals surface area contributed by atoms with E-state index < -0.39 is 20.9 Å². The summed E-state index contributed by atoms with van der Waals surface area (Å²) in [6.45, 7) is 0.800. The number of nitrogens with zero attached hydrogens (tertiary/aromatic N) is 3. The van der Waals surface area contributed by atoms with Crippen molar-refractivity contribution in [1.29, 1.82) is 0 Å². The van der Waals surface area contributed by atoms with Crippen LogP contribution in [0, 0.1) is 5.82 Å². The Kier molecular flexibility index (Phi) is 4.17. The van der Waals surface area contributed by atoms with Crippen molar-refractivity contribution in [3.05, 3.63) is 24.1 Å². The van der Waals surface area contributed by atoms with Crippen molar-refractivity contribution in [3.8, 4) is 0 Å². The van der Waals surface area contributed by atoms with E-state index in [-0.39, 0.29) is 6.04 Å². The Labute approximate surface area is 113 Å². The first-order chi connectivity index (χ1) is 8.93. The van der Waals surface area contributed by atoms with E-state index in [1.807, 2.05) is 19.0 Å². The predicted molar refractivity (Wildman–Crippen MR) is 69.7 cm³/mol. The summed E-state index contributed by atoms with van der Waals surface area (Å²) >= 11 is 0. The van der Waals surface area contributed by atoms with Gasteiger partial charge in [-0.1, -0.05) is 0 Å². The van der Waals surface area contributed by atoms with Gasteiger partial charge < -0.3 is 4.90 Å². The maximum atomic E-state index is 13.6. The Hall–Kier alpha value is -1.05. The molecule has 5 nitrogen and oxygen atoms in total. The number of rotatable bonds is 3. The third kappa shape index (κ3) is 2.93. The molecule has 1 aromatic heterocycles. The Morgan fingerprint density at radius 3 is 2.84 bits per heavy atom. The van der Waals surface area contributed by atoms with Gasteiger partial charge in [0.15, 0.2) is 5.82 Å². The summed E-state index contributed by atoms with van der Waals surface area (Å²) in [6.07, 6.45) is 3.02. The molecule has 0 saturated carbocycles. The fraction of sp³-hybridized carbons (Fsp3) is 0.583. The maximum Gasteiger partial charge on any atom is 0.263 e. The quantitative estimate of drug-likeness (QED) is 0.830. The van der Waals surface area contributed by atoms with Crippen LogP contribution in [0.4, 0.5) is 4.39 Å². The van der Waals surface area contributed by atoms with Gasteiger partial charge in [-0.2, -0.15) is 4.31 Å². The van der Waals surface area contributed by atoms with Gasteiger partial charge in [-0.05, 0) is 39.1 Å². The molecule has 19 heavy (non-hydrogen) atoms. The number of pyridine rings is 1. The third-order valence-electron chi connectivity index (χ3n) is 3.40. The number of piperidine rings is 1. The minimum atomic E-state index is -3.84. The lowest BCUT2D eigenvalue weighted by atomic mass is 10.1. The van der Waals surface area contributed by atoms with E-state index in [1.54, 1.807) is 0 Å². The van der Waals surface area contributed by atoms with Crippen LogP contribution in [0.5, 0.6) is 0 Å². The summed E-state index contributed by atoms with van der Waals surface area (Å²) in [6, 6.07) is 2.66. The van der Waals surface area contributed by atoms with E-state index in [0.29, 0.717) is 13.1 Å². The molecule has 0 bridgehead atoms. The lowest BCUT2D eigenvalue weighted by Crippen LogP contribution is -2.47. The van der Waals surface area contributed by atoms with Crippen molar-refractivity contribution in [2.45, 2.75) is 23.9 Å². The van der Waals surface area contributed by atoms with Gasteiger partial charge in [0, 0.05) is 25.3 Å². The fourth-order valence-corrected chi connectivity index (χ4v) is 3.73. The topological polar surface area (TPSA) is 53.5 Å². The minimum Gasteiger partial charge on any atom is -0.305 e. The van der Waals surface area contributed by atoms with Crippen molar-refractivity contribution >= 4 is 10.0 Å². The maximum absolute atomic E-state index is 13.6. The van der Waals surface area contributed by atoms with Gasteiger partial charge in [-0.15, -0.1) is 0 Å². The average molecular weight is 287 g/mol. The number of aromatic nitrogens is 1. The van der Waals surface area contributed by atoms with E-state index in [1.165, 1.54) is 16.6 Å². The highest BCUT2D eigenvalue weighted by Crippen LogP contribution is 2.22. The van der Waals surface area contributed by atoms with E-state index in [2.05, 4.69) is 4.98 Å². The molecular formula is C12H18FN3O2S. The molecule has 1 unspecified atom stereocenters. The Bertz CT molecular complexity index is 548. The molecule has 0 aromatic carbocycles. The molecule has 1 aromatic rings. The van der Waals surface area contributed by atoms with Crippen molar-refractivity contribution in [1.82, 2.24) is 14.2 Å². The van der Waals surface area contributed by atoms with Crippen LogP contribution in [-0.4, -0.2) is 55.8 Å². The van der Waals surface area contributed by atoms with Crippen molar-refractivity contribution in [3.63, 3.8) is 0 Å². The zero-order valence-electron chi connectivity index (χ0n) is 11.1.